The van der Waals surface area contributed by atoms with Crippen LogP contribution >= 0.6 is 0 Å². The van der Waals surface area contributed by atoms with Crippen LogP contribution in [0.2, 0.25) is 19.6 Å². The second-order valence-electron chi connectivity index (χ2n) is 17.3. The standard InChI is InChI=1S/C50H44N2OSi/c1-30-28-51-43(26-31(30)27-49(2,3)4)47-41(50(51)40-19-13-12-18-38(40)42-24-20-32(29-52(42)50)54(5,6)7)23-21-39-46-44(53-48(39)47)25-22-37-35-16-9-8-14-33(35)34-15-10-11-17-36(34)45(37)46/h8-26,28-29H,27H2,1-7H3/q+2/i1D3,27D2. The van der Waals surface area contributed by atoms with Crippen LogP contribution in [0.15, 0.2) is 132 Å². The van der Waals surface area contributed by atoms with Crippen LogP contribution in [0.25, 0.3) is 76.8 Å². The molecule has 1 atom stereocenters. The molecule has 4 heteroatoms. The summed E-state index contributed by atoms with van der Waals surface area (Å²) >= 11 is 0. The van der Waals surface area contributed by atoms with Crippen LogP contribution in [0.3, 0.4) is 0 Å². The van der Waals surface area contributed by atoms with E-state index in [1.54, 1.807) is 6.20 Å². The third-order valence-corrected chi connectivity index (χ3v) is 13.9. The Kier molecular flexibility index (Phi) is 5.29. The molecule has 0 aliphatic carbocycles. The van der Waals surface area contributed by atoms with Gasteiger partial charge in [-0.2, -0.15) is 0 Å². The summed E-state index contributed by atoms with van der Waals surface area (Å²) in [6.45, 7) is 9.93. The lowest BCUT2D eigenvalue weighted by atomic mass is 9.86. The maximum atomic E-state index is 9.59. The maximum Gasteiger partial charge on any atom is 0.417 e. The van der Waals surface area contributed by atoms with Crippen molar-refractivity contribution in [1.29, 1.82) is 0 Å². The molecule has 0 amide bonds. The molecule has 2 aliphatic heterocycles. The highest BCUT2D eigenvalue weighted by atomic mass is 28.3. The van der Waals surface area contributed by atoms with Crippen molar-refractivity contribution in [1.82, 2.24) is 0 Å². The Morgan fingerprint density at radius 3 is 2.04 bits per heavy atom. The SMILES string of the molecule is [2H]C([2H])([2H])c1c[n+]2c(cc1C([2H])([2H])C(C)(C)C)-c1c(ccc3c1oc1ccc4c5ccccc5c5ccccc5c4c13)C21c2ccccc2-c2ccc([Si](C)(C)C)c[n+]21. The van der Waals surface area contributed by atoms with Crippen molar-refractivity contribution in [3.05, 3.63) is 150 Å². The average molecular weight is 722 g/mol. The molecular weight excluding hydrogens is 673 g/mol. The van der Waals surface area contributed by atoms with Gasteiger partial charge in [0.05, 0.1) is 13.6 Å². The monoisotopic (exact) mass is 721 g/mol. The van der Waals surface area contributed by atoms with Crippen LogP contribution in [0, 0.1) is 12.3 Å². The van der Waals surface area contributed by atoms with Gasteiger partial charge in [0, 0.05) is 45.9 Å². The molecule has 1 spiro atoms. The molecule has 54 heavy (non-hydrogen) atoms. The fourth-order valence-electron chi connectivity index (χ4n) is 9.61. The summed E-state index contributed by atoms with van der Waals surface area (Å²) in [6.07, 6.45) is 2.03. The zero-order valence-corrected chi connectivity index (χ0v) is 32.4. The Balaban J connectivity index is 1.36. The first kappa shape index (κ1) is 27.1. The topological polar surface area (TPSA) is 20.9 Å². The number of fused-ring (bicyclic) bond motifs is 21. The summed E-state index contributed by atoms with van der Waals surface area (Å²) in [4.78, 5) is 0. The smallest absolute Gasteiger partial charge is 0.417 e. The Hall–Kier alpha value is -5.58. The zero-order valence-electron chi connectivity index (χ0n) is 36.4. The van der Waals surface area contributed by atoms with Crippen LogP contribution in [-0.4, -0.2) is 8.07 Å². The molecule has 0 saturated heterocycles. The van der Waals surface area contributed by atoms with E-state index in [-0.39, 0.29) is 11.1 Å². The first-order valence-electron chi connectivity index (χ1n) is 21.4. The molecule has 3 aromatic heterocycles. The van der Waals surface area contributed by atoms with E-state index in [0.717, 1.165) is 60.5 Å². The molecule has 6 aromatic carbocycles. The predicted molar refractivity (Wildman–Crippen MR) is 226 cm³/mol. The summed E-state index contributed by atoms with van der Waals surface area (Å²) in [5, 5.41) is 10.3. The molecule has 0 N–H and O–H groups in total. The summed E-state index contributed by atoms with van der Waals surface area (Å²) in [7, 11) is -1.85. The molecule has 3 nitrogen and oxygen atoms in total. The first-order valence-corrected chi connectivity index (χ1v) is 22.4. The highest BCUT2D eigenvalue weighted by Crippen LogP contribution is 2.52. The van der Waals surface area contributed by atoms with Gasteiger partial charge in [-0.05, 0) is 87.5 Å². The van der Waals surface area contributed by atoms with Gasteiger partial charge in [-0.15, -0.1) is 9.13 Å². The fraction of sp³-hybridized carbons (Fsp3) is 0.200. The second-order valence-corrected chi connectivity index (χ2v) is 22.4. The van der Waals surface area contributed by atoms with E-state index in [9.17, 15) is 2.74 Å². The van der Waals surface area contributed by atoms with Crippen molar-refractivity contribution in [2.45, 2.75) is 59.3 Å². The molecule has 0 saturated carbocycles. The lowest BCUT2D eigenvalue weighted by molar-refractivity contribution is -0.954. The van der Waals surface area contributed by atoms with Crippen molar-refractivity contribution in [2.75, 3.05) is 0 Å². The van der Waals surface area contributed by atoms with Crippen molar-refractivity contribution < 1.29 is 20.4 Å². The van der Waals surface area contributed by atoms with Gasteiger partial charge >= 0.3 is 5.66 Å². The van der Waals surface area contributed by atoms with Crippen LogP contribution in [0.1, 0.15) is 49.9 Å². The lowest BCUT2D eigenvalue weighted by Crippen LogP contribution is -2.72. The third-order valence-electron chi connectivity index (χ3n) is 11.8. The first-order chi connectivity index (χ1) is 27.9. The van der Waals surface area contributed by atoms with Gasteiger partial charge in [0.1, 0.15) is 27.9 Å². The van der Waals surface area contributed by atoms with Crippen LogP contribution in [0.4, 0.5) is 0 Å². The number of pyridine rings is 2. The number of rotatable bonds is 2. The number of aryl methyl sites for hydroxylation is 1. The minimum atomic E-state index is -2.60. The fourth-order valence-corrected chi connectivity index (χ4v) is 10.7. The highest BCUT2D eigenvalue weighted by Gasteiger charge is 2.67. The van der Waals surface area contributed by atoms with E-state index in [1.807, 2.05) is 26.8 Å². The lowest BCUT2D eigenvalue weighted by Gasteiger charge is -2.21. The van der Waals surface area contributed by atoms with E-state index in [0.29, 0.717) is 11.3 Å². The highest BCUT2D eigenvalue weighted by molar-refractivity contribution is 6.88. The molecule has 2 aliphatic rings. The molecule has 0 fully saturated rings. The van der Waals surface area contributed by atoms with E-state index >= 15 is 0 Å². The number of furan rings is 1. The molecule has 9 aromatic rings. The zero-order chi connectivity index (χ0) is 41.2. The number of benzene rings is 6. The van der Waals surface area contributed by atoms with Gasteiger partial charge in [-0.1, -0.05) is 107 Å². The number of aromatic nitrogens is 2. The van der Waals surface area contributed by atoms with E-state index in [2.05, 4.69) is 144 Å². The van der Waals surface area contributed by atoms with Crippen LogP contribution in [-0.2, 0) is 12.0 Å². The quantitative estimate of drug-likeness (QED) is 0.0989. The van der Waals surface area contributed by atoms with Gasteiger partial charge < -0.3 is 4.42 Å². The second kappa shape index (κ2) is 10.5. The Morgan fingerprint density at radius 2 is 1.31 bits per heavy atom. The number of nitrogens with zero attached hydrogens (tertiary/aromatic N) is 2. The minimum absolute atomic E-state index is 0.00595. The molecule has 1 unspecified atom stereocenters. The maximum absolute atomic E-state index is 9.59. The summed E-state index contributed by atoms with van der Waals surface area (Å²) in [6, 6.07) is 40.6. The number of hydrogen-bond donors (Lipinski definition) is 0. The largest absolute Gasteiger partial charge is 0.455 e. The Bertz CT molecular complexity index is 3300. The Morgan fingerprint density at radius 1 is 0.667 bits per heavy atom. The normalized spacial score (nSPS) is 18.1. The van der Waals surface area contributed by atoms with Gasteiger partial charge in [0.2, 0.25) is 11.4 Å². The third kappa shape index (κ3) is 4.07. The predicted octanol–water partition coefficient (Wildman–Crippen LogP) is 11.3. The van der Waals surface area contributed by atoms with Crippen molar-refractivity contribution in [3.63, 3.8) is 0 Å². The molecule has 11 rings (SSSR count). The van der Waals surface area contributed by atoms with Gasteiger partial charge in [0.25, 0.3) is 0 Å². The molecule has 5 heterocycles. The van der Waals surface area contributed by atoms with E-state index < -0.39 is 32.4 Å². The number of hydrogen-bond acceptors (Lipinski definition) is 1. The summed E-state index contributed by atoms with van der Waals surface area (Å²) in [5.41, 5.74) is 5.34. The molecule has 262 valence electrons. The molecular formula is C50H44N2OSi+2. The average Bonchev–Trinajstić information content (AvgIpc) is 3.82. The summed E-state index contributed by atoms with van der Waals surface area (Å²) < 4.78 is 57.6. The molecule has 0 bridgehead atoms. The van der Waals surface area contributed by atoms with Crippen molar-refractivity contribution in [2.24, 2.45) is 5.41 Å². The molecule has 0 radical (unpaired) electrons. The van der Waals surface area contributed by atoms with Gasteiger partial charge in [0.15, 0.2) is 12.4 Å². The van der Waals surface area contributed by atoms with Crippen LogP contribution < -0.4 is 14.3 Å². The summed E-state index contributed by atoms with van der Waals surface area (Å²) in [5.74, 6) is 0. The Labute approximate surface area is 324 Å². The van der Waals surface area contributed by atoms with Crippen molar-refractivity contribution >= 4 is 67.5 Å². The van der Waals surface area contributed by atoms with Gasteiger partial charge in [-0.25, -0.2) is 0 Å². The van der Waals surface area contributed by atoms with E-state index in [1.165, 1.54) is 21.3 Å². The van der Waals surface area contributed by atoms with Gasteiger partial charge in [-0.3, -0.25) is 0 Å². The van der Waals surface area contributed by atoms with E-state index in [4.69, 9.17) is 8.53 Å². The van der Waals surface area contributed by atoms with Crippen LogP contribution in [0.5, 0.6) is 0 Å². The minimum Gasteiger partial charge on any atom is -0.455 e. The van der Waals surface area contributed by atoms with Crippen molar-refractivity contribution in [3.8, 4) is 22.5 Å².